The van der Waals surface area contributed by atoms with Gasteiger partial charge in [0.2, 0.25) is 5.91 Å². The van der Waals surface area contributed by atoms with Crippen LogP contribution in [0.5, 0.6) is 0 Å². The fraction of sp³-hybridized carbons (Fsp3) is 0.929. The molecule has 19 heavy (non-hydrogen) atoms. The summed E-state index contributed by atoms with van der Waals surface area (Å²) in [5, 5.41) is 6.96. The Morgan fingerprint density at radius 3 is 2.79 bits per heavy atom. The van der Waals surface area contributed by atoms with Gasteiger partial charge < -0.3 is 16.4 Å². The smallest absolute Gasteiger partial charge is 0.237 e. The molecular formula is C14H29N3OS. The van der Waals surface area contributed by atoms with Gasteiger partial charge in [-0.2, -0.15) is 0 Å². The summed E-state index contributed by atoms with van der Waals surface area (Å²) < 4.78 is 0. The minimum absolute atomic E-state index is 0.00380. The lowest BCUT2D eigenvalue weighted by Gasteiger charge is -2.26. The van der Waals surface area contributed by atoms with Gasteiger partial charge >= 0.3 is 0 Å². The van der Waals surface area contributed by atoms with Crippen molar-refractivity contribution in [1.29, 1.82) is 0 Å². The van der Waals surface area contributed by atoms with Crippen molar-refractivity contribution in [2.75, 3.05) is 12.3 Å². The fourth-order valence-corrected chi connectivity index (χ4v) is 3.49. The van der Waals surface area contributed by atoms with Gasteiger partial charge in [0.25, 0.3) is 0 Å². The van der Waals surface area contributed by atoms with Gasteiger partial charge in [-0.25, -0.2) is 0 Å². The molecule has 0 aromatic heterocycles. The summed E-state index contributed by atoms with van der Waals surface area (Å²) in [4.78, 5) is 12.1. The van der Waals surface area contributed by atoms with Crippen molar-refractivity contribution in [3.05, 3.63) is 0 Å². The van der Waals surface area contributed by atoms with E-state index in [1.165, 1.54) is 0 Å². The predicted molar refractivity (Wildman–Crippen MR) is 83.1 cm³/mol. The number of amides is 1. The molecule has 0 radical (unpaired) electrons. The van der Waals surface area contributed by atoms with E-state index in [0.717, 1.165) is 38.0 Å². The summed E-state index contributed by atoms with van der Waals surface area (Å²) in [7, 11) is 0. The average Bonchev–Trinajstić information content (AvgIpc) is 2.86. The maximum Gasteiger partial charge on any atom is 0.237 e. The van der Waals surface area contributed by atoms with E-state index in [4.69, 9.17) is 5.73 Å². The van der Waals surface area contributed by atoms with E-state index in [1.807, 2.05) is 11.8 Å². The third-order valence-electron chi connectivity index (χ3n) is 3.37. The molecule has 112 valence electrons. The molecule has 0 aromatic rings. The first-order valence-electron chi connectivity index (χ1n) is 7.45. The van der Waals surface area contributed by atoms with Gasteiger partial charge in [-0.15, -0.1) is 11.8 Å². The van der Waals surface area contributed by atoms with Crippen molar-refractivity contribution >= 4 is 17.7 Å². The lowest BCUT2D eigenvalue weighted by atomic mass is 10.0. The maximum atomic E-state index is 12.1. The van der Waals surface area contributed by atoms with Crippen LogP contribution in [-0.2, 0) is 4.79 Å². The molecule has 0 spiro atoms. The highest BCUT2D eigenvalue weighted by Crippen LogP contribution is 2.20. The third kappa shape index (κ3) is 6.15. The lowest BCUT2D eigenvalue weighted by molar-refractivity contribution is -0.123. The van der Waals surface area contributed by atoms with Gasteiger partial charge in [-0.05, 0) is 18.8 Å². The van der Waals surface area contributed by atoms with E-state index in [1.54, 1.807) is 0 Å². The summed E-state index contributed by atoms with van der Waals surface area (Å²) in [5.74, 6) is 1.58. The molecule has 1 aliphatic heterocycles. The highest BCUT2D eigenvalue weighted by Gasteiger charge is 2.27. The van der Waals surface area contributed by atoms with Crippen molar-refractivity contribution in [3.63, 3.8) is 0 Å². The molecule has 1 aliphatic rings. The summed E-state index contributed by atoms with van der Waals surface area (Å²) in [5.41, 5.74) is 5.95. The fourth-order valence-electron chi connectivity index (χ4n) is 2.33. The van der Waals surface area contributed by atoms with E-state index in [0.29, 0.717) is 11.3 Å². The minimum Gasteiger partial charge on any atom is -0.350 e. The SMILES string of the molecule is CCCCC(NC(=O)[C@@H](N)CC(C)C)C1NCCS1. The average molecular weight is 287 g/mol. The molecule has 3 atom stereocenters. The van der Waals surface area contributed by atoms with Crippen molar-refractivity contribution in [2.24, 2.45) is 11.7 Å². The van der Waals surface area contributed by atoms with Gasteiger partial charge in [0.05, 0.1) is 17.5 Å². The van der Waals surface area contributed by atoms with Gasteiger partial charge in [0, 0.05) is 12.3 Å². The summed E-state index contributed by atoms with van der Waals surface area (Å²) in [6.07, 6.45) is 4.07. The Kier molecular flexibility index (Phi) is 7.80. The van der Waals surface area contributed by atoms with E-state index < -0.39 is 0 Å². The van der Waals surface area contributed by atoms with Gasteiger partial charge in [-0.3, -0.25) is 4.79 Å². The minimum atomic E-state index is -0.379. The van der Waals surface area contributed by atoms with Crippen molar-refractivity contribution < 1.29 is 4.79 Å². The van der Waals surface area contributed by atoms with Gasteiger partial charge in [0.1, 0.15) is 0 Å². The molecular weight excluding hydrogens is 258 g/mol. The molecule has 1 fully saturated rings. The van der Waals surface area contributed by atoms with Crippen LogP contribution in [0.15, 0.2) is 0 Å². The second kappa shape index (κ2) is 8.82. The second-order valence-corrected chi connectivity index (χ2v) is 6.99. The topological polar surface area (TPSA) is 67.2 Å². The van der Waals surface area contributed by atoms with Crippen LogP contribution in [0.1, 0.15) is 46.5 Å². The Hall–Kier alpha value is -0.260. The van der Waals surface area contributed by atoms with Crippen molar-refractivity contribution in [3.8, 4) is 0 Å². The first-order chi connectivity index (χ1) is 9.04. The Balaban J connectivity index is 2.48. The molecule has 1 amide bonds. The standard InChI is InChI=1S/C14H29N3OS/c1-4-5-6-12(14-16-7-8-19-14)17-13(18)11(15)9-10(2)3/h10-12,14,16H,4-9,15H2,1-3H3,(H,17,18)/t11-,12?,14?/m0/s1. The number of nitrogens with two attached hydrogens (primary N) is 1. The second-order valence-electron chi connectivity index (χ2n) is 5.74. The maximum absolute atomic E-state index is 12.1. The molecule has 1 saturated heterocycles. The highest BCUT2D eigenvalue weighted by molar-refractivity contribution is 8.00. The molecule has 4 N–H and O–H groups in total. The first kappa shape index (κ1) is 16.8. The largest absolute Gasteiger partial charge is 0.350 e. The monoisotopic (exact) mass is 287 g/mol. The molecule has 0 aliphatic carbocycles. The van der Waals surface area contributed by atoms with Crippen molar-refractivity contribution in [2.45, 2.75) is 63.9 Å². The van der Waals surface area contributed by atoms with E-state index in [2.05, 4.69) is 31.4 Å². The van der Waals surface area contributed by atoms with E-state index in [9.17, 15) is 4.79 Å². The molecule has 0 bridgehead atoms. The zero-order chi connectivity index (χ0) is 14.3. The summed E-state index contributed by atoms with van der Waals surface area (Å²) in [6, 6.07) is -0.173. The van der Waals surface area contributed by atoms with Crippen LogP contribution < -0.4 is 16.4 Å². The molecule has 1 heterocycles. The molecule has 0 saturated carbocycles. The molecule has 2 unspecified atom stereocenters. The number of hydrogen-bond donors (Lipinski definition) is 3. The Morgan fingerprint density at radius 1 is 1.53 bits per heavy atom. The number of unbranched alkanes of at least 4 members (excludes halogenated alkanes) is 1. The highest BCUT2D eigenvalue weighted by atomic mass is 32.2. The number of thioether (sulfide) groups is 1. The Morgan fingerprint density at radius 2 is 2.26 bits per heavy atom. The molecule has 1 rings (SSSR count). The Labute approximate surface area is 121 Å². The molecule has 4 nitrogen and oxygen atoms in total. The summed E-state index contributed by atoms with van der Waals surface area (Å²) in [6.45, 7) is 7.40. The van der Waals surface area contributed by atoms with Crippen LogP contribution in [-0.4, -0.2) is 35.7 Å². The van der Waals surface area contributed by atoms with Crippen LogP contribution in [0.4, 0.5) is 0 Å². The van der Waals surface area contributed by atoms with Crippen molar-refractivity contribution in [1.82, 2.24) is 10.6 Å². The van der Waals surface area contributed by atoms with Crippen LogP contribution in [0.25, 0.3) is 0 Å². The van der Waals surface area contributed by atoms with Crippen LogP contribution in [0.2, 0.25) is 0 Å². The quantitative estimate of drug-likeness (QED) is 0.635. The van der Waals surface area contributed by atoms with Gasteiger partial charge in [-0.1, -0.05) is 33.6 Å². The Bertz CT molecular complexity index is 267. The number of hydrogen-bond acceptors (Lipinski definition) is 4. The molecule has 5 heteroatoms. The molecule has 0 aromatic carbocycles. The normalized spacial score (nSPS) is 22.5. The van der Waals surface area contributed by atoms with Crippen LogP contribution in [0, 0.1) is 5.92 Å². The zero-order valence-electron chi connectivity index (χ0n) is 12.4. The number of rotatable bonds is 8. The summed E-state index contributed by atoms with van der Waals surface area (Å²) >= 11 is 1.90. The predicted octanol–water partition coefficient (Wildman–Crippen LogP) is 1.70. The number of nitrogens with one attached hydrogen (secondary N) is 2. The lowest BCUT2D eigenvalue weighted by Crippen LogP contribution is -2.51. The van der Waals surface area contributed by atoms with Crippen LogP contribution in [0.3, 0.4) is 0 Å². The van der Waals surface area contributed by atoms with E-state index >= 15 is 0 Å². The number of carbonyl (C=O) groups is 1. The van der Waals surface area contributed by atoms with E-state index in [-0.39, 0.29) is 18.0 Å². The number of carbonyl (C=O) groups excluding carboxylic acids is 1. The zero-order valence-corrected chi connectivity index (χ0v) is 13.3. The van der Waals surface area contributed by atoms with Gasteiger partial charge in [0.15, 0.2) is 0 Å². The third-order valence-corrected chi connectivity index (χ3v) is 4.66. The van der Waals surface area contributed by atoms with Crippen LogP contribution >= 0.6 is 11.8 Å². The first-order valence-corrected chi connectivity index (χ1v) is 8.50.